The van der Waals surface area contributed by atoms with Gasteiger partial charge in [0.25, 0.3) is 0 Å². The van der Waals surface area contributed by atoms with Gasteiger partial charge in [-0.25, -0.2) is 9.97 Å². The zero-order valence-electron chi connectivity index (χ0n) is 9.99. The summed E-state index contributed by atoms with van der Waals surface area (Å²) in [4.78, 5) is 8.45. The van der Waals surface area contributed by atoms with E-state index in [9.17, 15) is 0 Å². The number of hydrogen-bond donors (Lipinski definition) is 0. The van der Waals surface area contributed by atoms with E-state index in [1.807, 2.05) is 32.0 Å². The van der Waals surface area contributed by atoms with E-state index in [0.717, 1.165) is 28.4 Å². The number of hydrogen-bond acceptors (Lipinski definition) is 3. The van der Waals surface area contributed by atoms with Gasteiger partial charge < -0.3 is 4.74 Å². The van der Waals surface area contributed by atoms with Crippen LogP contribution in [-0.2, 0) is 0 Å². The second-order valence-corrected chi connectivity index (χ2v) is 4.20. The summed E-state index contributed by atoms with van der Waals surface area (Å²) in [5, 5.41) is 0.706. The van der Waals surface area contributed by atoms with E-state index in [0.29, 0.717) is 5.02 Å². The number of ether oxygens (including phenoxy) is 1. The van der Waals surface area contributed by atoms with Crippen LogP contribution in [-0.4, -0.2) is 17.1 Å². The molecule has 17 heavy (non-hydrogen) atoms. The summed E-state index contributed by atoms with van der Waals surface area (Å²) in [5.41, 5.74) is 2.68. The lowest BCUT2D eigenvalue weighted by molar-refractivity contribution is 0.416. The first-order valence-corrected chi connectivity index (χ1v) is 5.64. The van der Waals surface area contributed by atoms with Gasteiger partial charge in [0.05, 0.1) is 12.8 Å². The third kappa shape index (κ3) is 2.39. The summed E-state index contributed by atoms with van der Waals surface area (Å²) in [6, 6.07) is 5.63. The smallest absolute Gasteiger partial charge is 0.128 e. The maximum absolute atomic E-state index is 6.13. The van der Waals surface area contributed by atoms with E-state index in [1.54, 1.807) is 13.3 Å². The highest BCUT2D eigenvalue weighted by atomic mass is 35.5. The van der Waals surface area contributed by atoms with Crippen LogP contribution in [0.15, 0.2) is 24.4 Å². The summed E-state index contributed by atoms with van der Waals surface area (Å²) in [6.45, 7) is 3.80. The molecule has 0 radical (unpaired) electrons. The normalized spacial score (nSPS) is 10.4. The Kier molecular flexibility index (Phi) is 3.29. The van der Waals surface area contributed by atoms with E-state index < -0.39 is 0 Å². The van der Waals surface area contributed by atoms with Crippen molar-refractivity contribution >= 4 is 11.6 Å². The molecule has 3 nitrogen and oxygen atoms in total. The SMILES string of the molecule is COc1cc(C)c(Cl)cc1-c1ccnc(C)n1. The molecule has 0 N–H and O–H groups in total. The molecule has 0 aliphatic heterocycles. The molecule has 0 saturated carbocycles. The number of aromatic nitrogens is 2. The monoisotopic (exact) mass is 248 g/mol. The van der Waals surface area contributed by atoms with Crippen LogP contribution in [0.5, 0.6) is 5.75 Å². The van der Waals surface area contributed by atoms with Crippen LogP contribution in [0, 0.1) is 13.8 Å². The molecular formula is C13H13ClN2O. The van der Waals surface area contributed by atoms with Gasteiger partial charge in [-0.1, -0.05) is 11.6 Å². The maximum Gasteiger partial charge on any atom is 0.128 e. The predicted molar refractivity (Wildman–Crippen MR) is 68.5 cm³/mol. The lowest BCUT2D eigenvalue weighted by atomic mass is 10.1. The van der Waals surface area contributed by atoms with Crippen LogP contribution in [0.4, 0.5) is 0 Å². The molecule has 0 unspecified atom stereocenters. The van der Waals surface area contributed by atoms with Crippen molar-refractivity contribution in [3.63, 3.8) is 0 Å². The largest absolute Gasteiger partial charge is 0.496 e. The molecule has 0 aliphatic carbocycles. The molecule has 4 heteroatoms. The standard InChI is InChI=1S/C13H13ClN2O/c1-8-6-13(17-3)10(7-11(8)14)12-4-5-15-9(2)16-12/h4-7H,1-3H3. The Labute approximate surface area is 105 Å². The van der Waals surface area contributed by atoms with Gasteiger partial charge in [-0.3, -0.25) is 0 Å². The average Bonchev–Trinajstić information content (AvgIpc) is 2.32. The third-order valence-corrected chi connectivity index (χ3v) is 2.94. The molecule has 0 spiro atoms. The maximum atomic E-state index is 6.13. The van der Waals surface area contributed by atoms with E-state index in [1.165, 1.54) is 0 Å². The Morgan fingerprint density at radius 1 is 1.24 bits per heavy atom. The summed E-state index contributed by atoms with van der Waals surface area (Å²) < 4.78 is 5.36. The molecular weight excluding hydrogens is 236 g/mol. The van der Waals surface area contributed by atoms with Crippen molar-refractivity contribution in [1.82, 2.24) is 9.97 Å². The number of methoxy groups -OCH3 is 1. The highest BCUT2D eigenvalue weighted by Gasteiger charge is 2.10. The Hall–Kier alpha value is -1.61. The Morgan fingerprint density at radius 2 is 2.00 bits per heavy atom. The minimum absolute atomic E-state index is 0.706. The fourth-order valence-corrected chi connectivity index (χ4v) is 1.79. The van der Waals surface area contributed by atoms with Crippen molar-refractivity contribution in [2.45, 2.75) is 13.8 Å². The molecule has 0 amide bonds. The van der Waals surface area contributed by atoms with Crippen molar-refractivity contribution in [1.29, 1.82) is 0 Å². The highest BCUT2D eigenvalue weighted by molar-refractivity contribution is 6.31. The minimum atomic E-state index is 0.706. The number of nitrogens with zero attached hydrogens (tertiary/aromatic N) is 2. The van der Waals surface area contributed by atoms with Gasteiger partial charge in [0.2, 0.25) is 0 Å². The van der Waals surface area contributed by atoms with Gasteiger partial charge in [0.1, 0.15) is 11.6 Å². The number of rotatable bonds is 2. The second kappa shape index (κ2) is 4.72. The van der Waals surface area contributed by atoms with Crippen LogP contribution in [0.2, 0.25) is 5.02 Å². The first kappa shape index (κ1) is 11.9. The number of aryl methyl sites for hydroxylation is 2. The van der Waals surface area contributed by atoms with Crippen molar-refractivity contribution in [3.8, 4) is 17.0 Å². The lowest BCUT2D eigenvalue weighted by Crippen LogP contribution is -1.94. The van der Waals surface area contributed by atoms with Gasteiger partial charge in [0.15, 0.2) is 0 Å². The summed E-state index contributed by atoms with van der Waals surface area (Å²) >= 11 is 6.13. The van der Waals surface area contributed by atoms with Gasteiger partial charge in [0, 0.05) is 16.8 Å². The molecule has 2 aromatic rings. The van der Waals surface area contributed by atoms with E-state index in [-0.39, 0.29) is 0 Å². The minimum Gasteiger partial charge on any atom is -0.496 e. The Morgan fingerprint density at radius 3 is 2.65 bits per heavy atom. The molecule has 2 rings (SSSR count). The first-order valence-electron chi connectivity index (χ1n) is 5.26. The van der Waals surface area contributed by atoms with E-state index >= 15 is 0 Å². The summed E-state index contributed by atoms with van der Waals surface area (Å²) in [5.74, 6) is 1.49. The third-order valence-electron chi connectivity index (χ3n) is 2.53. The average molecular weight is 249 g/mol. The zero-order chi connectivity index (χ0) is 12.4. The van der Waals surface area contributed by atoms with E-state index in [4.69, 9.17) is 16.3 Å². The molecule has 0 atom stereocenters. The molecule has 1 aromatic heterocycles. The molecule has 0 aliphatic rings. The molecule has 1 heterocycles. The van der Waals surface area contributed by atoms with Crippen LogP contribution in [0.3, 0.4) is 0 Å². The summed E-state index contributed by atoms with van der Waals surface area (Å²) in [6.07, 6.45) is 1.73. The van der Waals surface area contributed by atoms with Crippen molar-refractivity contribution in [2.75, 3.05) is 7.11 Å². The Balaban J connectivity index is 2.62. The van der Waals surface area contributed by atoms with Crippen LogP contribution < -0.4 is 4.74 Å². The molecule has 0 fully saturated rings. The second-order valence-electron chi connectivity index (χ2n) is 3.79. The molecule has 0 saturated heterocycles. The fourth-order valence-electron chi connectivity index (χ4n) is 1.63. The lowest BCUT2D eigenvalue weighted by Gasteiger charge is -2.10. The van der Waals surface area contributed by atoms with Crippen molar-refractivity contribution < 1.29 is 4.74 Å². The van der Waals surface area contributed by atoms with Crippen LogP contribution in [0.25, 0.3) is 11.3 Å². The topological polar surface area (TPSA) is 35.0 Å². The number of benzene rings is 1. The van der Waals surface area contributed by atoms with Crippen LogP contribution in [0.1, 0.15) is 11.4 Å². The molecule has 0 bridgehead atoms. The van der Waals surface area contributed by atoms with Gasteiger partial charge in [-0.05, 0) is 37.6 Å². The van der Waals surface area contributed by atoms with Gasteiger partial charge in [-0.2, -0.15) is 0 Å². The quantitative estimate of drug-likeness (QED) is 0.817. The zero-order valence-corrected chi connectivity index (χ0v) is 10.7. The molecule has 88 valence electrons. The van der Waals surface area contributed by atoms with Gasteiger partial charge >= 0.3 is 0 Å². The molecule has 1 aromatic carbocycles. The van der Waals surface area contributed by atoms with Crippen molar-refractivity contribution in [2.24, 2.45) is 0 Å². The fraction of sp³-hybridized carbons (Fsp3) is 0.231. The van der Waals surface area contributed by atoms with Gasteiger partial charge in [-0.15, -0.1) is 0 Å². The first-order chi connectivity index (χ1) is 8.11. The van der Waals surface area contributed by atoms with E-state index in [2.05, 4.69) is 9.97 Å². The van der Waals surface area contributed by atoms with Crippen molar-refractivity contribution in [3.05, 3.63) is 40.8 Å². The summed E-state index contributed by atoms with van der Waals surface area (Å²) in [7, 11) is 1.64. The number of halogens is 1. The highest BCUT2D eigenvalue weighted by Crippen LogP contribution is 2.33. The Bertz CT molecular complexity index is 555. The van der Waals surface area contributed by atoms with Crippen LogP contribution >= 0.6 is 11.6 Å². The predicted octanol–water partition coefficient (Wildman–Crippen LogP) is 3.42.